The number of hydrogen-bond donors (Lipinski definition) is 0. The van der Waals surface area contributed by atoms with Gasteiger partial charge in [-0.2, -0.15) is 4.98 Å². The van der Waals surface area contributed by atoms with Crippen LogP contribution >= 0.6 is 11.3 Å². The fraction of sp³-hybridized carbons (Fsp3) is 0.278. The van der Waals surface area contributed by atoms with Crippen LogP contribution in [0.1, 0.15) is 34.7 Å². The monoisotopic (exact) mass is 400 g/mol. The topological polar surface area (TPSA) is 113 Å². The highest BCUT2D eigenvalue weighted by Gasteiger charge is 2.24. The van der Waals surface area contributed by atoms with E-state index in [0.29, 0.717) is 23.2 Å². The van der Waals surface area contributed by atoms with Crippen molar-refractivity contribution in [2.45, 2.75) is 27.3 Å². The number of oxazole rings is 1. The Hall–Kier alpha value is -3.27. The van der Waals surface area contributed by atoms with Gasteiger partial charge < -0.3 is 13.7 Å². The Morgan fingerprint density at radius 3 is 2.86 bits per heavy atom. The first-order valence-electron chi connectivity index (χ1n) is 8.53. The molecule has 0 amide bonds. The van der Waals surface area contributed by atoms with Crippen LogP contribution in [-0.2, 0) is 11.3 Å². The molecule has 10 heteroatoms. The van der Waals surface area contributed by atoms with Crippen molar-refractivity contribution < 1.29 is 18.5 Å². The lowest BCUT2D eigenvalue weighted by molar-refractivity contribution is 0.0516. The van der Waals surface area contributed by atoms with Crippen molar-refractivity contribution in [2.75, 3.05) is 6.61 Å². The van der Waals surface area contributed by atoms with Crippen molar-refractivity contribution in [3.8, 4) is 10.8 Å². The van der Waals surface area contributed by atoms with E-state index < -0.39 is 11.5 Å². The molecule has 0 aromatic carbocycles. The highest BCUT2D eigenvalue weighted by Crippen LogP contribution is 2.26. The van der Waals surface area contributed by atoms with Gasteiger partial charge in [-0.15, -0.1) is 11.3 Å². The molecule has 0 saturated heterocycles. The van der Waals surface area contributed by atoms with Crippen LogP contribution in [0.2, 0.25) is 0 Å². The predicted octanol–water partition coefficient (Wildman–Crippen LogP) is 2.94. The molecular formula is C18H16N4O5S. The van der Waals surface area contributed by atoms with Gasteiger partial charge in [-0.05, 0) is 32.2 Å². The van der Waals surface area contributed by atoms with Crippen LogP contribution in [0.15, 0.2) is 31.2 Å². The van der Waals surface area contributed by atoms with Gasteiger partial charge in [0.1, 0.15) is 22.7 Å². The Morgan fingerprint density at radius 1 is 1.32 bits per heavy atom. The molecular weight excluding hydrogens is 384 g/mol. The largest absolute Gasteiger partial charge is 0.461 e. The predicted molar refractivity (Wildman–Crippen MR) is 100 cm³/mol. The lowest BCUT2D eigenvalue weighted by Crippen LogP contribution is -2.25. The van der Waals surface area contributed by atoms with Crippen molar-refractivity contribution in [1.82, 2.24) is 19.7 Å². The molecule has 0 spiro atoms. The van der Waals surface area contributed by atoms with Gasteiger partial charge in [-0.3, -0.25) is 9.36 Å². The maximum atomic E-state index is 13.0. The minimum absolute atomic E-state index is 0.00190. The maximum Gasteiger partial charge on any atom is 0.361 e. The minimum Gasteiger partial charge on any atom is -0.461 e. The van der Waals surface area contributed by atoms with Gasteiger partial charge in [-0.25, -0.2) is 9.78 Å². The summed E-state index contributed by atoms with van der Waals surface area (Å²) < 4.78 is 17.1. The van der Waals surface area contributed by atoms with Gasteiger partial charge in [0.05, 0.1) is 18.0 Å². The van der Waals surface area contributed by atoms with E-state index in [2.05, 4.69) is 15.1 Å². The number of aryl methyl sites for hydroxylation is 2. The van der Waals surface area contributed by atoms with Crippen LogP contribution in [0.25, 0.3) is 21.9 Å². The molecule has 9 nitrogen and oxygen atoms in total. The fourth-order valence-electron chi connectivity index (χ4n) is 2.79. The third kappa shape index (κ3) is 3.01. The van der Waals surface area contributed by atoms with Crippen molar-refractivity contribution in [2.24, 2.45) is 0 Å². The summed E-state index contributed by atoms with van der Waals surface area (Å²) in [5, 5.41) is 5.59. The number of hydrogen-bond acceptors (Lipinski definition) is 9. The van der Waals surface area contributed by atoms with E-state index in [1.807, 2.05) is 17.5 Å². The molecule has 0 fully saturated rings. The second-order valence-corrected chi connectivity index (χ2v) is 6.93. The molecule has 0 radical (unpaired) electrons. The highest BCUT2D eigenvalue weighted by atomic mass is 32.1. The maximum absolute atomic E-state index is 13.0. The summed E-state index contributed by atoms with van der Waals surface area (Å²) in [6, 6.07) is 3.82. The molecule has 28 heavy (non-hydrogen) atoms. The first-order valence-corrected chi connectivity index (χ1v) is 9.41. The van der Waals surface area contributed by atoms with E-state index >= 15 is 0 Å². The number of aromatic nitrogens is 4. The molecule has 0 atom stereocenters. The Morgan fingerprint density at radius 2 is 2.14 bits per heavy atom. The Labute approximate surface area is 162 Å². The second-order valence-electron chi connectivity index (χ2n) is 5.98. The zero-order chi connectivity index (χ0) is 19.8. The minimum atomic E-state index is -0.729. The molecule has 0 unspecified atom stereocenters. The number of thiophene rings is 1. The first kappa shape index (κ1) is 18.1. The zero-order valence-corrected chi connectivity index (χ0v) is 16.2. The Kier molecular flexibility index (Phi) is 4.55. The average Bonchev–Trinajstić information content (AvgIpc) is 3.38. The molecule has 0 bridgehead atoms. The number of rotatable bonds is 5. The van der Waals surface area contributed by atoms with E-state index in [9.17, 15) is 9.59 Å². The Balaban J connectivity index is 1.78. The molecule has 0 saturated carbocycles. The number of carbonyl (C=O) groups is 1. The van der Waals surface area contributed by atoms with E-state index in [4.69, 9.17) is 13.7 Å². The smallest absolute Gasteiger partial charge is 0.361 e. The standard InChI is InChI=1S/C18H16N4O5S/c1-4-25-18(24)14-13-16(27-21-14)19-10(3)22(17(13)23)8-11-9(2)26-15(20-11)12-6-5-7-28-12/h5-7H,4,8H2,1-3H3. The highest BCUT2D eigenvalue weighted by molar-refractivity contribution is 7.13. The van der Waals surface area contributed by atoms with E-state index in [1.165, 1.54) is 15.9 Å². The fourth-order valence-corrected chi connectivity index (χ4v) is 3.44. The van der Waals surface area contributed by atoms with Gasteiger partial charge >= 0.3 is 5.97 Å². The van der Waals surface area contributed by atoms with Gasteiger partial charge in [0.25, 0.3) is 11.3 Å². The quantitative estimate of drug-likeness (QED) is 0.470. The van der Waals surface area contributed by atoms with Crippen molar-refractivity contribution in [3.05, 3.63) is 50.8 Å². The van der Waals surface area contributed by atoms with E-state index in [-0.39, 0.29) is 29.9 Å². The molecule has 4 aromatic heterocycles. The average molecular weight is 400 g/mol. The van der Waals surface area contributed by atoms with Crippen molar-refractivity contribution in [1.29, 1.82) is 0 Å². The summed E-state index contributed by atoms with van der Waals surface area (Å²) in [7, 11) is 0. The third-order valence-corrected chi connectivity index (χ3v) is 5.05. The van der Waals surface area contributed by atoms with E-state index in [1.54, 1.807) is 20.8 Å². The summed E-state index contributed by atoms with van der Waals surface area (Å²) >= 11 is 1.51. The number of ether oxygens (including phenoxy) is 1. The van der Waals surface area contributed by atoms with Crippen LogP contribution in [0.3, 0.4) is 0 Å². The molecule has 0 aliphatic rings. The third-order valence-electron chi connectivity index (χ3n) is 4.19. The first-order chi connectivity index (χ1) is 13.5. The molecule has 0 N–H and O–H groups in total. The summed E-state index contributed by atoms with van der Waals surface area (Å²) in [5.74, 6) is 0.780. The molecule has 144 valence electrons. The van der Waals surface area contributed by atoms with Crippen molar-refractivity contribution >= 4 is 28.4 Å². The van der Waals surface area contributed by atoms with Gasteiger partial charge in [0, 0.05) is 0 Å². The van der Waals surface area contributed by atoms with Crippen LogP contribution < -0.4 is 5.56 Å². The summed E-state index contributed by atoms with van der Waals surface area (Å²) in [5.41, 5.74) is -0.0343. The molecule has 4 heterocycles. The molecule has 4 rings (SSSR count). The second kappa shape index (κ2) is 7.04. The van der Waals surface area contributed by atoms with Gasteiger partial charge in [-0.1, -0.05) is 11.2 Å². The normalized spacial score (nSPS) is 11.2. The SMILES string of the molecule is CCOC(=O)c1noc2nc(C)n(Cc3nc(-c4cccs4)oc3C)c(=O)c12. The summed E-state index contributed by atoms with van der Waals surface area (Å²) in [6.45, 7) is 5.42. The van der Waals surface area contributed by atoms with Crippen molar-refractivity contribution in [3.63, 3.8) is 0 Å². The number of fused-ring (bicyclic) bond motifs is 1. The lowest BCUT2D eigenvalue weighted by atomic mass is 10.3. The molecule has 0 aliphatic heterocycles. The van der Waals surface area contributed by atoms with Crippen LogP contribution in [0.4, 0.5) is 0 Å². The number of nitrogens with zero attached hydrogens (tertiary/aromatic N) is 4. The van der Waals surface area contributed by atoms with Gasteiger partial charge in [0.2, 0.25) is 11.6 Å². The summed E-state index contributed by atoms with van der Waals surface area (Å²) in [6.07, 6.45) is 0. The lowest BCUT2D eigenvalue weighted by Gasteiger charge is -2.07. The molecule has 0 aliphatic carbocycles. The van der Waals surface area contributed by atoms with E-state index in [0.717, 1.165) is 4.88 Å². The summed E-state index contributed by atoms with van der Waals surface area (Å²) in [4.78, 5) is 34.8. The number of carbonyl (C=O) groups excluding carboxylic acids is 1. The number of esters is 1. The van der Waals surface area contributed by atoms with Crippen LogP contribution in [-0.4, -0.2) is 32.3 Å². The van der Waals surface area contributed by atoms with Crippen LogP contribution in [0.5, 0.6) is 0 Å². The van der Waals surface area contributed by atoms with Gasteiger partial charge in [0.15, 0.2) is 0 Å². The zero-order valence-electron chi connectivity index (χ0n) is 15.4. The van der Waals surface area contributed by atoms with Crippen LogP contribution in [0, 0.1) is 13.8 Å². The Bertz CT molecular complexity index is 1220. The molecule has 4 aromatic rings.